The Morgan fingerprint density at radius 3 is 2.88 bits per heavy atom. The van der Waals surface area contributed by atoms with E-state index in [9.17, 15) is 4.79 Å². The fourth-order valence-electron chi connectivity index (χ4n) is 1.67. The molecule has 17 heavy (non-hydrogen) atoms. The molecule has 0 saturated carbocycles. The Bertz CT molecular complexity index is 269. The van der Waals surface area contributed by atoms with Crippen molar-refractivity contribution in [2.75, 3.05) is 26.2 Å². The van der Waals surface area contributed by atoms with Crippen molar-refractivity contribution in [3.63, 3.8) is 0 Å². The van der Waals surface area contributed by atoms with E-state index < -0.39 is 0 Å². The molecule has 96 valence electrons. The molecule has 0 spiro atoms. The van der Waals surface area contributed by atoms with E-state index in [1.807, 2.05) is 19.1 Å². The summed E-state index contributed by atoms with van der Waals surface area (Å²) in [6.45, 7) is 5.14. The van der Waals surface area contributed by atoms with Crippen LogP contribution in [-0.2, 0) is 9.53 Å². The molecule has 0 aromatic carbocycles. The molecule has 1 aliphatic heterocycles. The van der Waals surface area contributed by atoms with E-state index in [1.165, 1.54) is 6.08 Å². The van der Waals surface area contributed by atoms with E-state index in [0.717, 1.165) is 25.9 Å². The maximum Gasteiger partial charge on any atom is 0.244 e. The highest BCUT2D eigenvalue weighted by molar-refractivity contribution is 5.87. The van der Waals surface area contributed by atoms with E-state index >= 15 is 0 Å². The topological polar surface area (TPSA) is 50.4 Å². The van der Waals surface area contributed by atoms with Crippen molar-refractivity contribution in [2.45, 2.75) is 25.9 Å². The van der Waals surface area contributed by atoms with Gasteiger partial charge in [-0.25, -0.2) is 0 Å². The molecule has 1 fully saturated rings. The highest BCUT2D eigenvalue weighted by Crippen LogP contribution is 2.06. The standard InChI is InChI=1S/C13H22N2O2/c1-2-3-4-5-13(16)15-10-11-17-12-6-8-14-9-7-12/h2-5,12,14H,6-11H2,1H3,(H,15,16). The summed E-state index contributed by atoms with van der Waals surface area (Å²) in [6, 6.07) is 0. The average molecular weight is 238 g/mol. The van der Waals surface area contributed by atoms with Crippen molar-refractivity contribution in [2.24, 2.45) is 0 Å². The van der Waals surface area contributed by atoms with Gasteiger partial charge in [-0.3, -0.25) is 4.79 Å². The second-order valence-corrected chi connectivity index (χ2v) is 4.00. The van der Waals surface area contributed by atoms with Crippen LogP contribution in [-0.4, -0.2) is 38.3 Å². The number of hydrogen-bond donors (Lipinski definition) is 2. The minimum atomic E-state index is -0.0722. The quantitative estimate of drug-likeness (QED) is 0.412. The molecule has 1 heterocycles. The Balaban J connectivity index is 2.01. The third-order valence-corrected chi connectivity index (χ3v) is 2.59. The zero-order chi connectivity index (χ0) is 12.3. The van der Waals surface area contributed by atoms with Crippen molar-refractivity contribution in [1.29, 1.82) is 0 Å². The molecule has 2 N–H and O–H groups in total. The summed E-state index contributed by atoms with van der Waals surface area (Å²) in [5.41, 5.74) is 0. The summed E-state index contributed by atoms with van der Waals surface area (Å²) in [5, 5.41) is 6.07. The number of carbonyl (C=O) groups is 1. The van der Waals surface area contributed by atoms with Gasteiger partial charge in [0.1, 0.15) is 0 Å². The summed E-state index contributed by atoms with van der Waals surface area (Å²) in [6.07, 6.45) is 9.43. The molecule has 1 rings (SSSR count). The molecule has 0 aliphatic carbocycles. The Morgan fingerprint density at radius 1 is 1.41 bits per heavy atom. The lowest BCUT2D eigenvalue weighted by atomic mass is 10.1. The number of nitrogens with one attached hydrogen (secondary N) is 2. The van der Waals surface area contributed by atoms with Crippen molar-refractivity contribution >= 4 is 5.91 Å². The summed E-state index contributed by atoms with van der Waals surface area (Å²) >= 11 is 0. The van der Waals surface area contributed by atoms with Crippen LogP contribution in [0.1, 0.15) is 19.8 Å². The van der Waals surface area contributed by atoms with Gasteiger partial charge in [-0.1, -0.05) is 18.2 Å². The molecule has 1 aliphatic rings. The number of hydrogen-bond acceptors (Lipinski definition) is 3. The Morgan fingerprint density at radius 2 is 2.18 bits per heavy atom. The third-order valence-electron chi connectivity index (χ3n) is 2.59. The molecular weight excluding hydrogens is 216 g/mol. The van der Waals surface area contributed by atoms with Gasteiger partial charge in [0.05, 0.1) is 12.7 Å². The average Bonchev–Trinajstić information content (AvgIpc) is 2.36. The Kier molecular flexibility index (Phi) is 7.34. The molecule has 0 aromatic rings. The summed E-state index contributed by atoms with van der Waals surface area (Å²) in [7, 11) is 0. The first kappa shape index (κ1) is 13.9. The van der Waals surface area contributed by atoms with Crippen molar-refractivity contribution < 1.29 is 9.53 Å². The molecule has 0 unspecified atom stereocenters. The minimum absolute atomic E-state index is 0.0722. The number of ether oxygens (including phenoxy) is 1. The number of amides is 1. The summed E-state index contributed by atoms with van der Waals surface area (Å²) in [4.78, 5) is 11.3. The van der Waals surface area contributed by atoms with Crippen molar-refractivity contribution in [3.8, 4) is 0 Å². The van der Waals surface area contributed by atoms with Crippen LogP contribution >= 0.6 is 0 Å². The first-order valence-electron chi connectivity index (χ1n) is 6.22. The fourth-order valence-corrected chi connectivity index (χ4v) is 1.67. The van der Waals surface area contributed by atoms with E-state index in [1.54, 1.807) is 6.08 Å². The van der Waals surface area contributed by atoms with Crippen molar-refractivity contribution in [1.82, 2.24) is 10.6 Å². The van der Waals surface area contributed by atoms with Crippen LogP contribution in [0.2, 0.25) is 0 Å². The van der Waals surface area contributed by atoms with Crippen LogP contribution in [0.15, 0.2) is 24.3 Å². The highest BCUT2D eigenvalue weighted by atomic mass is 16.5. The van der Waals surface area contributed by atoms with E-state index in [2.05, 4.69) is 10.6 Å². The van der Waals surface area contributed by atoms with E-state index in [4.69, 9.17) is 4.74 Å². The molecule has 4 nitrogen and oxygen atoms in total. The highest BCUT2D eigenvalue weighted by Gasteiger charge is 2.12. The second-order valence-electron chi connectivity index (χ2n) is 4.00. The van der Waals surface area contributed by atoms with Gasteiger partial charge >= 0.3 is 0 Å². The maximum absolute atomic E-state index is 11.3. The summed E-state index contributed by atoms with van der Waals surface area (Å²) < 4.78 is 5.67. The van der Waals surface area contributed by atoms with Crippen LogP contribution in [0.25, 0.3) is 0 Å². The van der Waals surface area contributed by atoms with Crippen LogP contribution in [0.5, 0.6) is 0 Å². The first-order chi connectivity index (χ1) is 8.33. The lowest BCUT2D eigenvalue weighted by Gasteiger charge is -2.22. The van der Waals surface area contributed by atoms with E-state index in [0.29, 0.717) is 19.3 Å². The van der Waals surface area contributed by atoms with Gasteiger partial charge < -0.3 is 15.4 Å². The Hall–Kier alpha value is -1.13. The lowest BCUT2D eigenvalue weighted by Crippen LogP contribution is -2.34. The van der Waals surface area contributed by atoms with Gasteiger partial charge in [0, 0.05) is 12.6 Å². The van der Waals surface area contributed by atoms with Crippen LogP contribution < -0.4 is 10.6 Å². The largest absolute Gasteiger partial charge is 0.376 e. The van der Waals surface area contributed by atoms with Gasteiger partial charge in [0.2, 0.25) is 5.91 Å². The predicted molar refractivity (Wildman–Crippen MR) is 68.8 cm³/mol. The van der Waals surface area contributed by atoms with Crippen LogP contribution in [0.3, 0.4) is 0 Å². The normalized spacial score (nSPS) is 17.9. The minimum Gasteiger partial charge on any atom is -0.376 e. The zero-order valence-electron chi connectivity index (χ0n) is 10.4. The van der Waals surface area contributed by atoms with Gasteiger partial charge in [-0.05, 0) is 32.9 Å². The van der Waals surface area contributed by atoms with E-state index in [-0.39, 0.29) is 5.91 Å². The Labute approximate surface area is 103 Å². The number of allylic oxidation sites excluding steroid dienone is 3. The zero-order valence-corrected chi connectivity index (χ0v) is 10.4. The lowest BCUT2D eigenvalue weighted by molar-refractivity contribution is -0.116. The van der Waals surface area contributed by atoms with Gasteiger partial charge in [-0.2, -0.15) is 0 Å². The monoisotopic (exact) mass is 238 g/mol. The fraction of sp³-hybridized carbons (Fsp3) is 0.615. The SMILES string of the molecule is CC=CC=CC(=O)NCCOC1CCNCC1. The molecule has 0 atom stereocenters. The van der Waals surface area contributed by atoms with Gasteiger partial charge in [-0.15, -0.1) is 0 Å². The molecular formula is C13H22N2O2. The third kappa shape index (κ3) is 6.92. The second kappa shape index (κ2) is 8.96. The molecule has 1 saturated heterocycles. The predicted octanol–water partition coefficient (Wildman–Crippen LogP) is 1.00. The van der Waals surface area contributed by atoms with Crippen LogP contribution in [0.4, 0.5) is 0 Å². The first-order valence-corrected chi connectivity index (χ1v) is 6.22. The number of carbonyl (C=O) groups excluding carboxylic acids is 1. The number of rotatable bonds is 6. The summed E-state index contributed by atoms with van der Waals surface area (Å²) in [5.74, 6) is -0.0722. The molecule has 1 amide bonds. The number of piperidine rings is 1. The van der Waals surface area contributed by atoms with Gasteiger partial charge in [0.15, 0.2) is 0 Å². The molecule has 0 bridgehead atoms. The molecule has 4 heteroatoms. The smallest absolute Gasteiger partial charge is 0.244 e. The van der Waals surface area contributed by atoms with Crippen molar-refractivity contribution in [3.05, 3.63) is 24.3 Å². The maximum atomic E-state index is 11.3. The molecule has 0 aromatic heterocycles. The van der Waals surface area contributed by atoms with Gasteiger partial charge in [0.25, 0.3) is 0 Å². The van der Waals surface area contributed by atoms with Crippen LogP contribution in [0, 0.1) is 0 Å². The molecule has 0 radical (unpaired) electrons.